The summed E-state index contributed by atoms with van der Waals surface area (Å²) in [5.74, 6) is -0.305. The summed E-state index contributed by atoms with van der Waals surface area (Å²) in [6.07, 6.45) is 1.57. The SMILES string of the molecule is CCC(C(=O)Nc1ccccc1N1CCCN(C(C)c2ccccc2)C1=O)c1ccccc1. The molecule has 4 rings (SSSR count). The number of rotatable bonds is 7. The molecule has 1 aliphatic rings. The second kappa shape index (κ2) is 10.3. The van der Waals surface area contributed by atoms with Crippen LogP contribution in [0.25, 0.3) is 0 Å². The van der Waals surface area contributed by atoms with Crippen molar-refractivity contribution in [2.45, 2.75) is 38.6 Å². The van der Waals surface area contributed by atoms with Crippen LogP contribution in [0, 0.1) is 0 Å². The summed E-state index contributed by atoms with van der Waals surface area (Å²) >= 11 is 0. The largest absolute Gasteiger partial charge is 0.325 e. The normalized spacial score (nSPS) is 15.8. The summed E-state index contributed by atoms with van der Waals surface area (Å²) in [7, 11) is 0. The van der Waals surface area contributed by atoms with Crippen molar-refractivity contribution in [1.29, 1.82) is 0 Å². The molecule has 33 heavy (non-hydrogen) atoms. The second-order valence-electron chi connectivity index (χ2n) is 8.45. The quantitative estimate of drug-likeness (QED) is 0.474. The number of carbonyl (C=O) groups excluding carboxylic acids is 2. The van der Waals surface area contributed by atoms with Gasteiger partial charge in [0.15, 0.2) is 0 Å². The van der Waals surface area contributed by atoms with Gasteiger partial charge >= 0.3 is 6.03 Å². The van der Waals surface area contributed by atoms with Crippen molar-refractivity contribution in [3.63, 3.8) is 0 Å². The van der Waals surface area contributed by atoms with E-state index in [1.54, 1.807) is 4.90 Å². The lowest BCUT2D eigenvalue weighted by atomic mass is 9.95. The third-order valence-corrected chi connectivity index (χ3v) is 6.39. The number of hydrogen-bond donors (Lipinski definition) is 1. The Morgan fingerprint density at radius 1 is 0.879 bits per heavy atom. The van der Waals surface area contributed by atoms with Crippen LogP contribution in [0.5, 0.6) is 0 Å². The highest BCUT2D eigenvalue weighted by atomic mass is 16.2. The van der Waals surface area contributed by atoms with Crippen LogP contribution in [-0.4, -0.2) is 29.9 Å². The number of amides is 3. The average Bonchev–Trinajstić information content (AvgIpc) is 2.86. The number of urea groups is 1. The van der Waals surface area contributed by atoms with E-state index in [-0.39, 0.29) is 23.9 Å². The fourth-order valence-corrected chi connectivity index (χ4v) is 4.53. The van der Waals surface area contributed by atoms with E-state index >= 15 is 0 Å². The van der Waals surface area contributed by atoms with Crippen molar-refractivity contribution >= 4 is 23.3 Å². The molecule has 1 aliphatic heterocycles. The molecule has 1 saturated heterocycles. The molecule has 0 aliphatic carbocycles. The Hall–Kier alpha value is -3.60. The Morgan fingerprint density at radius 3 is 2.15 bits per heavy atom. The molecule has 170 valence electrons. The minimum Gasteiger partial charge on any atom is -0.324 e. The van der Waals surface area contributed by atoms with Gasteiger partial charge in [0, 0.05) is 13.1 Å². The van der Waals surface area contributed by atoms with E-state index in [4.69, 9.17) is 0 Å². The number of nitrogens with zero attached hydrogens (tertiary/aromatic N) is 2. The van der Waals surface area contributed by atoms with Gasteiger partial charge in [-0.05, 0) is 43.0 Å². The first-order valence-corrected chi connectivity index (χ1v) is 11.7. The zero-order chi connectivity index (χ0) is 23.2. The molecule has 1 heterocycles. The maximum atomic E-state index is 13.5. The van der Waals surface area contributed by atoms with E-state index in [2.05, 4.69) is 24.4 Å². The van der Waals surface area contributed by atoms with Crippen molar-refractivity contribution in [2.24, 2.45) is 0 Å². The van der Waals surface area contributed by atoms with Gasteiger partial charge in [0.1, 0.15) is 0 Å². The van der Waals surface area contributed by atoms with Crippen molar-refractivity contribution < 1.29 is 9.59 Å². The van der Waals surface area contributed by atoms with E-state index in [0.29, 0.717) is 25.2 Å². The molecule has 1 fully saturated rings. The first kappa shape index (κ1) is 22.6. The molecule has 3 aromatic rings. The lowest BCUT2D eigenvalue weighted by molar-refractivity contribution is -0.117. The van der Waals surface area contributed by atoms with Crippen LogP contribution in [0.1, 0.15) is 49.8 Å². The van der Waals surface area contributed by atoms with E-state index in [9.17, 15) is 9.59 Å². The smallest absolute Gasteiger partial charge is 0.324 e. The van der Waals surface area contributed by atoms with Crippen LogP contribution in [0.3, 0.4) is 0 Å². The van der Waals surface area contributed by atoms with Gasteiger partial charge in [-0.2, -0.15) is 0 Å². The Bertz CT molecular complexity index is 1080. The Balaban J connectivity index is 1.56. The molecule has 3 aromatic carbocycles. The Kier molecular flexibility index (Phi) is 7.08. The second-order valence-corrected chi connectivity index (χ2v) is 8.45. The molecule has 2 unspecified atom stereocenters. The third-order valence-electron chi connectivity index (χ3n) is 6.39. The Labute approximate surface area is 196 Å². The fraction of sp³-hybridized carbons (Fsp3) is 0.286. The predicted octanol–water partition coefficient (Wildman–Crippen LogP) is 6.21. The van der Waals surface area contributed by atoms with Crippen LogP contribution in [0.15, 0.2) is 84.9 Å². The minimum atomic E-state index is -0.245. The molecule has 5 nitrogen and oxygen atoms in total. The van der Waals surface area contributed by atoms with Gasteiger partial charge < -0.3 is 10.2 Å². The summed E-state index contributed by atoms with van der Waals surface area (Å²) < 4.78 is 0. The van der Waals surface area contributed by atoms with Gasteiger partial charge in [-0.3, -0.25) is 9.69 Å². The van der Waals surface area contributed by atoms with Crippen LogP contribution >= 0.6 is 0 Å². The van der Waals surface area contributed by atoms with E-state index in [1.165, 1.54) is 0 Å². The summed E-state index contributed by atoms with van der Waals surface area (Å²) in [6, 6.07) is 27.4. The summed E-state index contributed by atoms with van der Waals surface area (Å²) in [5, 5.41) is 3.10. The number of hydrogen-bond acceptors (Lipinski definition) is 2. The molecule has 0 spiro atoms. The maximum Gasteiger partial charge on any atom is 0.325 e. The number of benzene rings is 3. The summed E-state index contributed by atoms with van der Waals surface area (Å²) in [4.78, 5) is 30.4. The highest BCUT2D eigenvalue weighted by Crippen LogP contribution is 2.33. The number of para-hydroxylation sites is 2. The molecule has 3 amide bonds. The molecule has 0 radical (unpaired) electrons. The monoisotopic (exact) mass is 441 g/mol. The molecule has 0 aromatic heterocycles. The van der Waals surface area contributed by atoms with Crippen LogP contribution < -0.4 is 10.2 Å². The summed E-state index contributed by atoms with van der Waals surface area (Å²) in [5.41, 5.74) is 3.51. The van der Waals surface area contributed by atoms with Gasteiger partial charge in [0.25, 0.3) is 0 Å². The number of anilines is 2. The van der Waals surface area contributed by atoms with Crippen molar-refractivity contribution in [2.75, 3.05) is 23.3 Å². The first-order chi connectivity index (χ1) is 16.1. The van der Waals surface area contributed by atoms with E-state index in [0.717, 1.165) is 23.2 Å². The zero-order valence-electron chi connectivity index (χ0n) is 19.3. The molecule has 1 N–H and O–H groups in total. The van der Waals surface area contributed by atoms with Gasteiger partial charge in [-0.1, -0.05) is 79.7 Å². The van der Waals surface area contributed by atoms with Gasteiger partial charge in [-0.15, -0.1) is 0 Å². The van der Waals surface area contributed by atoms with Gasteiger partial charge in [-0.25, -0.2) is 4.79 Å². The number of carbonyl (C=O) groups is 2. The molecule has 5 heteroatoms. The highest BCUT2D eigenvalue weighted by molar-refractivity contribution is 6.02. The fourth-order valence-electron chi connectivity index (χ4n) is 4.53. The molecular formula is C28H31N3O2. The van der Waals surface area contributed by atoms with Crippen LogP contribution in [-0.2, 0) is 4.79 Å². The predicted molar refractivity (Wildman–Crippen MR) is 133 cm³/mol. The molecule has 2 atom stereocenters. The molecule has 0 saturated carbocycles. The molecular weight excluding hydrogens is 410 g/mol. The van der Waals surface area contributed by atoms with Crippen LogP contribution in [0.4, 0.5) is 16.2 Å². The maximum absolute atomic E-state index is 13.5. The minimum absolute atomic E-state index is 0.0224. The van der Waals surface area contributed by atoms with Crippen molar-refractivity contribution in [3.8, 4) is 0 Å². The topological polar surface area (TPSA) is 52.7 Å². The van der Waals surface area contributed by atoms with E-state index in [1.807, 2.05) is 84.6 Å². The third kappa shape index (κ3) is 4.92. The lowest BCUT2D eigenvalue weighted by Crippen LogP contribution is -2.50. The lowest BCUT2D eigenvalue weighted by Gasteiger charge is -2.39. The average molecular weight is 442 g/mol. The number of nitrogens with one attached hydrogen (secondary N) is 1. The first-order valence-electron chi connectivity index (χ1n) is 11.7. The van der Waals surface area contributed by atoms with Crippen molar-refractivity contribution in [3.05, 3.63) is 96.1 Å². The molecule has 0 bridgehead atoms. The zero-order valence-corrected chi connectivity index (χ0v) is 19.3. The standard InChI is InChI=1S/C28H31N3O2/c1-3-24(23-15-8-5-9-16-23)27(32)29-25-17-10-11-18-26(25)31-20-12-19-30(28(31)33)21(2)22-13-6-4-7-14-22/h4-11,13-18,21,24H,3,12,19-20H2,1-2H3,(H,29,32). The Morgan fingerprint density at radius 2 is 1.48 bits per heavy atom. The summed E-state index contributed by atoms with van der Waals surface area (Å²) in [6.45, 7) is 5.42. The van der Waals surface area contributed by atoms with E-state index < -0.39 is 0 Å². The van der Waals surface area contributed by atoms with Crippen LogP contribution in [0.2, 0.25) is 0 Å². The van der Waals surface area contributed by atoms with Gasteiger partial charge in [0.2, 0.25) is 5.91 Å². The van der Waals surface area contributed by atoms with Gasteiger partial charge in [0.05, 0.1) is 23.3 Å². The highest BCUT2D eigenvalue weighted by Gasteiger charge is 2.32. The van der Waals surface area contributed by atoms with Crippen molar-refractivity contribution in [1.82, 2.24) is 4.90 Å².